The Morgan fingerprint density at radius 2 is 1.93 bits per heavy atom. The fourth-order valence-corrected chi connectivity index (χ4v) is 3.78. The van der Waals surface area contributed by atoms with Crippen molar-refractivity contribution in [2.75, 3.05) is 11.1 Å². The lowest BCUT2D eigenvalue weighted by Crippen LogP contribution is -2.27. The van der Waals surface area contributed by atoms with E-state index in [9.17, 15) is 10.1 Å². The zero-order valence-corrected chi connectivity index (χ0v) is 16.4. The Morgan fingerprint density at radius 1 is 1.21 bits per heavy atom. The van der Waals surface area contributed by atoms with Gasteiger partial charge in [-0.15, -0.1) is 0 Å². The largest absolute Gasteiger partial charge is 0.378 e. The molecule has 1 aromatic carbocycles. The molecule has 1 saturated carbocycles. The molecule has 1 aromatic heterocycles. The Kier molecular flexibility index (Phi) is 6.08. The van der Waals surface area contributed by atoms with Gasteiger partial charge in [0.25, 0.3) is 0 Å². The predicted octanol–water partition coefficient (Wildman–Crippen LogP) is 3.26. The Hall–Kier alpha value is -2.74. The highest BCUT2D eigenvalue weighted by atomic mass is 16.6. The lowest BCUT2D eigenvalue weighted by atomic mass is 9.83. The second-order valence-electron chi connectivity index (χ2n) is 7.68. The molecule has 1 aliphatic carbocycles. The molecule has 0 aliphatic heterocycles. The van der Waals surface area contributed by atoms with E-state index in [2.05, 4.69) is 35.2 Å². The average Bonchev–Trinajstić information content (AvgIpc) is 2.64. The molecule has 0 saturated heterocycles. The number of nitrogens with zero attached hydrogens (tertiary/aromatic N) is 3. The quantitative estimate of drug-likeness (QED) is 0.514. The number of nitrogen functional groups attached to an aromatic ring is 1. The first-order valence-electron chi connectivity index (χ1n) is 9.70. The number of nitrogens with two attached hydrogens (primary N) is 2. The third-order valence-corrected chi connectivity index (χ3v) is 5.69. The zero-order chi connectivity index (χ0) is 20.3. The Balaban J connectivity index is 1.81. The van der Waals surface area contributed by atoms with Crippen molar-refractivity contribution in [3.8, 4) is 0 Å². The van der Waals surface area contributed by atoms with E-state index in [1.807, 2.05) is 12.1 Å². The summed E-state index contributed by atoms with van der Waals surface area (Å²) in [7, 11) is 0. The van der Waals surface area contributed by atoms with Gasteiger partial charge in [-0.05, 0) is 68.6 Å². The van der Waals surface area contributed by atoms with E-state index in [1.54, 1.807) is 0 Å². The highest BCUT2D eigenvalue weighted by Gasteiger charge is 2.27. The van der Waals surface area contributed by atoms with Crippen LogP contribution in [0.15, 0.2) is 18.2 Å². The molecule has 0 unspecified atom stereocenters. The number of aromatic nitrogens is 2. The van der Waals surface area contributed by atoms with Gasteiger partial charge in [-0.25, -0.2) is 4.98 Å². The number of rotatable bonds is 6. The van der Waals surface area contributed by atoms with Crippen LogP contribution in [0.1, 0.15) is 48.1 Å². The van der Waals surface area contributed by atoms with E-state index < -0.39 is 4.92 Å². The van der Waals surface area contributed by atoms with Crippen LogP contribution in [-0.2, 0) is 13.0 Å². The number of benzene rings is 1. The van der Waals surface area contributed by atoms with E-state index in [0.717, 1.165) is 31.2 Å². The maximum absolute atomic E-state index is 11.5. The van der Waals surface area contributed by atoms with Crippen LogP contribution in [0.3, 0.4) is 0 Å². The van der Waals surface area contributed by atoms with Crippen LogP contribution in [0.4, 0.5) is 17.5 Å². The summed E-state index contributed by atoms with van der Waals surface area (Å²) in [5, 5.41) is 14.7. The minimum atomic E-state index is -0.478. The second kappa shape index (κ2) is 8.52. The number of anilines is 2. The predicted molar refractivity (Wildman–Crippen MR) is 110 cm³/mol. The summed E-state index contributed by atoms with van der Waals surface area (Å²) in [5.41, 5.74) is 15.7. The summed E-state index contributed by atoms with van der Waals surface area (Å²) >= 11 is 0. The average molecular weight is 384 g/mol. The van der Waals surface area contributed by atoms with Gasteiger partial charge in [0.1, 0.15) is 5.69 Å². The monoisotopic (exact) mass is 384 g/mol. The molecule has 8 heteroatoms. The standard InChI is InChI=1S/C20H28N6O2/c1-12-4-3-5-15(13(12)2)11-23-20-24-17(18(26(27)28)19(22)25-20)10-14-6-8-16(21)9-7-14/h3-5,14,16H,6-11,21H2,1-2H3,(H3,22,23,24,25)/t14-,16-. The van der Waals surface area contributed by atoms with Gasteiger partial charge in [-0.2, -0.15) is 4.98 Å². The fourth-order valence-electron chi connectivity index (χ4n) is 3.78. The van der Waals surface area contributed by atoms with Crippen LogP contribution in [0.25, 0.3) is 0 Å². The van der Waals surface area contributed by atoms with E-state index in [1.165, 1.54) is 11.1 Å². The number of nitrogens with one attached hydrogen (secondary N) is 1. The molecule has 5 N–H and O–H groups in total. The normalized spacial score (nSPS) is 19.4. The van der Waals surface area contributed by atoms with Gasteiger partial charge in [0.15, 0.2) is 0 Å². The van der Waals surface area contributed by atoms with Crippen molar-refractivity contribution in [1.29, 1.82) is 0 Å². The van der Waals surface area contributed by atoms with Gasteiger partial charge in [0.05, 0.1) is 4.92 Å². The first-order valence-corrected chi connectivity index (χ1v) is 9.70. The fraction of sp³-hybridized carbons (Fsp3) is 0.500. The summed E-state index contributed by atoms with van der Waals surface area (Å²) in [5.74, 6) is 0.567. The van der Waals surface area contributed by atoms with Crippen LogP contribution in [0, 0.1) is 29.9 Å². The summed E-state index contributed by atoms with van der Waals surface area (Å²) in [6.07, 6.45) is 4.31. The Morgan fingerprint density at radius 3 is 2.61 bits per heavy atom. The number of aryl methyl sites for hydroxylation is 1. The Labute approximate surface area is 164 Å². The van der Waals surface area contributed by atoms with Crippen molar-refractivity contribution in [2.45, 2.75) is 58.5 Å². The highest BCUT2D eigenvalue weighted by molar-refractivity contribution is 5.58. The first kappa shape index (κ1) is 20.0. The van der Waals surface area contributed by atoms with E-state index in [0.29, 0.717) is 30.5 Å². The molecule has 0 amide bonds. The molecular formula is C20H28N6O2. The second-order valence-corrected chi connectivity index (χ2v) is 7.68. The van der Waals surface area contributed by atoms with E-state index in [4.69, 9.17) is 11.5 Å². The third kappa shape index (κ3) is 4.56. The van der Waals surface area contributed by atoms with Crippen LogP contribution in [0.5, 0.6) is 0 Å². The van der Waals surface area contributed by atoms with Crippen molar-refractivity contribution in [1.82, 2.24) is 9.97 Å². The topological polar surface area (TPSA) is 133 Å². The van der Waals surface area contributed by atoms with Crippen LogP contribution >= 0.6 is 0 Å². The molecule has 0 radical (unpaired) electrons. The van der Waals surface area contributed by atoms with Crippen molar-refractivity contribution in [3.05, 3.63) is 50.7 Å². The summed E-state index contributed by atoms with van der Waals surface area (Å²) in [4.78, 5) is 19.6. The molecule has 1 aliphatic rings. The molecule has 0 spiro atoms. The molecule has 0 bridgehead atoms. The highest BCUT2D eigenvalue weighted by Crippen LogP contribution is 2.32. The number of hydrogen-bond acceptors (Lipinski definition) is 7. The molecule has 1 heterocycles. The van der Waals surface area contributed by atoms with Crippen LogP contribution in [-0.4, -0.2) is 20.9 Å². The minimum absolute atomic E-state index is 0.0917. The molecule has 2 aromatic rings. The lowest BCUT2D eigenvalue weighted by molar-refractivity contribution is -0.385. The maximum Gasteiger partial charge on any atom is 0.332 e. The third-order valence-electron chi connectivity index (χ3n) is 5.69. The van der Waals surface area contributed by atoms with Gasteiger partial charge in [0, 0.05) is 12.6 Å². The number of nitro groups is 1. The summed E-state index contributed by atoms with van der Waals surface area (Å²) in [6.45, 7) is 4.66. The van der Waals surface area contributed by atoms with E-state index in [-0.39, 0.29) is 17.5 Å². The molecule has 28 heavy (non-hydrogen) atoms. The lowest BCUT2D eigenvalue weighted by Gasteiger charge is -2.25. The molecule has 150 valence electrons. The van der Waals surface area contributed by atoms with Crippen molar-refractivity contribution in [2.24, 2.45) is 11.7 Å². The van der Waals surface area contributed by atoms with Crippen LogP contribution < -0.4 is 16.8 Å². The molecular weight excluding hydrogens is 356 g/mol. The zero-order valence-electron chi connectivity index (χ0n) is 16.4. The summed E-state index contributed by atoms with van der Waals surface area (Å²) < 4.78 is 0. The van der Waals surface area contributed by atoms with Crippen molar-refractivity contribution >= 4 is 17.5 Å². The summed E-state index contributed by atoms with van der Waals surface area (Å²) in [6, 6.07) is 6.34. The van der Waals surface area contributed by atoms with Crippen molar-refractivity contribution < 1.29 is 4.92 Å². The van der Waals surface area contributed by atoms with Gasteiger partial charge >= 0.3 is 5.69 Å². The molecule has 8 nitrogen and oxygen atoms in total. The number of hydrogen-bond donors (Lipinski definition) is 3. The van der Waals surface area contributed by atoms with Gasteiger partial charge in [-0.3, -0.25) is 10.1 Å². The minimum Gasteiger partial charge on any atom is -0.378 e. The van der Waals surface area contributed by atoms with Crippen molar-refractivity contribution in [3.63, 3.8) is 0 Å². The smallest absolute Gasteiger partial charge is 0.332 e. The van der Waals surface area contributed by atoms with Gasteiger partial charge in [-0.1, -0.05) is 18.2 Å². The van der Waals surface area contributed by atoms with Gasteiger partial charge in [0.2, 0.25) is 11.8 Å². The first-order chi connectivity index (χ1) is 13.3. The van der Waals surface area contributed by atoms with E-state index >= 15 is 0 Å². The van der Waals surface area contributed by atoms with Gasteiger partial charge < -0.3 is 16.8 Å². The van der Waals surface area contributed by atoms with Crippen LogP contribution in [0.2, 0.25) is 0 Å². The molecule has 1 fully saturated rings. The maximum atomic E-state index is 11.5. The Bertz CT molecular complexity index is 862. The SMILES string of the molecule is Cc1cccc(CNc2nc(N)c([N+](=O)[O-])c(C[C@H]3CC[C@H](N)CC3)n2)c1C. The molecule has 0 atom stereocenters. The molecule has 3 rings (SSSR count).